The van der Waals surface area contributed by atoms with E-state index in [1.54, 1.807) is 11.1 Å². The topological polar surface area (TPSA) is 209 Å². The number of nitrogens with one attached hydrogen (secondary N) is 5. The highest BCUT2D eigenvalue weighted by Crippen LogP contribution is 2.33. The van der Waals surface area contributed by atoms with Crippen molar-refractivity contribution in [2.24, 2.45) is 11.8 Å². The first-order valence-electron chi connectivity index (χ1n) is 19.0. The zero-order chi connectivity index (χ0) is 39.9. The Morgan fingerprint density at radius 1 is 0.786 bits per heavy atom. The summed E-state index contributed by atoms with van der Waals surface area (Å²) < 4.78 is 9.39. The van der Waals surface area contributed by atoms with Crippen molar-refractivity contribution in [1.82, 2.24) is 50.8 Å². The lowest BCUT2D eigenvalue weighted by Crippen LogP contribution is -2.51. The largest absolute Gasteiger partial charge is 0.453 e. The number of alkyl carbamates (subject to hydrolysis) is 2. The minimum atomic E-state index is -0.701. The minimum Gasteiger partial charge on any atom is -0.453 e. The highest BCUT2D eigenvalue weighted by atomic mass is 16.5. The number of unbranched alkanes of at least 4 members (excludes halogenated alkanes) is 1. The molecule has 296 valence electrons. The van der Waals surface area contributed by atoms with E-state index >= 15 is 0 Å². The number of aromatic amines is 2. The van der Waals surface area contributed by atoms with E-state index in [1.807, 2.05) is 70.3 Å². The van der Waals surface area contributed by atoms with Crippen LogP contribution in [0.15, 0.2) is 48.8 Å². The van der Waals surface area contributed by atoms with Gasteiger partial charge in [0.15, 0.2) is 0 Å². The van der Waals surface area contributed by atoms with Crippen LogP contribution in [0.4, 0.5) is 9.59 Å². The first kappa shape index (κ1) is 39.6. The Morgan fingerprint density at radius 3 is 1.98 bits per heavy atom. The van der Waals surface area contributed by atoms with Gasteiger partial charge in [0.2, 0.25) is 11.8 Å². The van der Waals surface area contributed by atoms with E-state index in [4.69, 9.17) is 14.7 Å². The third-order valence-corrected chi connectivity index (χ3v) is 10.1. The van der Waals surface area contributed by atoms with E-state index in [0.717, 1.165) is 76.1 Å². The predicted molar refractivity (Wildman–Crippen MR) is 210 cm³/mol. The van der Waals surface area contributed by atoms with Gasteiger partial charge in [0, 0.05) is 30.6 Å². The number of H-pyrrole nitrogens is 2. The number of aryl methyl sites for hydroxylation is 1. The molecule has 3 aromatic heterocycles. The maximum Gasteiger partial charge on any atom is 0.407 e. The number of hydrogen-bond donors (Lipinski definition) is 5. The molecule has 3 atom stereocenters. The molecule has 56 heavy (non-hydrogen) atoms. The number of amides is 4. The number of aromatic nitrogens is 6. The average Bonchev–Trinajstić information content (AvgIpc) is 3.99. The maximum absolute atomic E-state index is 13.6. The molecule has 4 heterocycles. The van der Waals surface area contributed by atoms with E-state index in [1.165, 1.54) is 14.2 Å². The molecule has 1 saturated heterocycles. The van der Waals surface area contributed by atoms with Crippen LogP contribution in [0.25, 0.3) is 44.6 Å². The first-order valence-corrected chi connectivity index (χ1v) is 19.0. The number of ether oxygens (including phenoxy) is 2. The molecule has 6 rings (SSSR count). The van der Waals surface area contributed by atoms with Gasteiger partial charge >= 0.3 is 12.2 Å². The molecule has 4 amide bonds. The van der Waals surface area contributed by atoms with Crippen molar-refractivity contribution in [3.63, 3.8) is 0 Å². The lowest BCUT2D eigenvalue weighted by molar-refractivity contribution is -0.135. The molecule has 0 unspecified atom stereocenters. The average molecular weight is 767 g/mol. The minimum absolute atomic E-state index is 0.0788. The smallest absolute Gasteiger partial charge is 0.407 e. The summed E-state index contributed by atoms with van der Waals surface area (Å²) in [6.07, 6.45) is 6.20. The summed E-state index contributed by atoms with van der Waals surface area (Å²) in [6, 6.07) is 10.2. The number of carbonyl (C=O) groups is 4. The molecule has 16 nitrogen and oxygen atoms in total. The first-order chi connectivity index (χ1) is 26.9. The van der Waals surface area contributed by atoms with Crippen molar-refractivity contribution in [3.8, 4) is 22.5 Å². The van der Waals surface area contributed by atoms with Crippen LogP contribution in [0.5, 0.6) is 0 Å². The number of imidazole rings is 2. The molecule has 1 aliphatic heterocycles. The standard InChI is InChI=1S/C40H50N10O6/c1-22(2)34(48-39(53)55-5)37(51)41-16-8-7-11-33-42-20-30(46-33)24-12-14-26-28(18-24)44-27-15-13-25(19-29(27)45-26)31-21-43-36(47-31)32-10-9-17-50(32)38(52)35(23(3)4)49-40(54)56-6/h12-15,18-23,32,34-35H,7-11,16-17H2,1-6H3,(H,41,51)(H,42,46)(H,43,47)(H,48,53)(H,49,54)/t32-,34-,35-/m0/s1. The zero-order valence-corrected chi connectivity index (χ0v) is 32.6. The molecule has 2 aromatic carbocycles. The van der Waals surface area contributed by atoms with E-state index in [2.05, 4.69) is 40.6 Å². The third kappa shape index (κ3) is 9.07. The summed E-state index contributed by atoms with van der Waals surface area (Å²) in [6.45, 7) is 8.58. The lowest BCUT2D eigenvalue weighted by atomic mass is 10.0. The Bertz CT molecular complexity index is 2200. The number of benzene rings is 2. The van der Waals surface area contributed by atoms with Crippen molar-refractivity contribution in [1.29, 1.82) is 0 Å². The summed E-state index contributed by atoms with van der Waals surface area (Å²) in [4.78, 5) is 77.4. The summed E-state index contributed by atoms with van der Waals surface area (Å²) >= 11 is 0. The number of methoxy groups -OCH3 is 2. The highest BCUT2D eigenvalue weighted by Gasteiger charge is 2.37. The second-order valence-electron chi connectivity index (χ2n) is 14.7. The molecule has 0 aliphatic carbocycles. The SMILES string of the molecule is COC(=O)N[C@H](C(=O)NCCCCc1ncc(-c2ccc3nc4cc(-c5cnc([C@@H]6CCCN6C(=O)[C@@H](NC(=O)OC)C(C)C)[nH]5)ccc4nc3c2)[nH]1)C(C)C. The summed E-state index contributed by atoms with van der Waals surface area (Å²) in [5, 5.41) is 8.17. The van der Waals surface area contributed by atoms with Crippen molar-refractivity contribution >= 4 is 46.1 Å². The number of nitrogens with zero attached hydrogens (tertiary/aromatic N) is 5. The molecule has 0 radical (unpaired) electrons. The van der Waals surface area contributed by atoms with Crippen molar-refractivity contribution in [3.05, 3.63) is 60.4 Å². The van der Waals surface area contributed by atoms with E-state index in [9.17, 15) is 19.2 Å². The van der Waals surface area contributed by atoms with Crippen LogP contribution in [0, 0.1) is 11.8 Å². The second kappa shape index (κ2) is 17.6. The quantitative estimate of drug-likeness (QED) is 0.0715. The van der Waals surface area contributed by atoms with Crippen LogP contribution >= 0.6 is 0 Å². The van der Waals surface area contributed by atoms with Crippen LogP contribution in [0.2, 0.25) is 0 Å². The van der Waals surface area contributed by atoms with Crippen molar-refractivity contribution in [2.45, 2.75) is 77.9 Å². The summed E-state index contributed by atoms with van der Waals surface area (Å²) in [7, 11) is 2.55. The van der Waals surface area contributed by atoms with Crippen molar-refractivity contribution < 1.29 is 28.7 Å². The van der Waals surface area contributed by atoms with Gasteiger partial charge in [0.1, 0.15) is 23.7 Å². The predicted octanol–water partition coefficient (Wildman–Crippen LogP) is 5.43. The molecule has 1 fully saturated rings. The summed E-state index contributed by atoms with van der Waals surface area (Å²) in [5.41, 5.74) is 6.52. The van der Waals surface area contributed by atoms with Gasteiger partial charge in [-0.2, -0.15) is 0 Å². The number of hydrogen-bond acceptors (Lipinski definition) is 10. The molecule has 16 heteroatoms. The van der Waals surface area contributed by atoms with E-state index in [0.29, 0.717) is 25.3 Å². The van der Waals surface area contributed by atoms with Crippen LogP contribution in [0.3, 0.4) is 0 Å². The number of carbonyl (C=O) groups excluding carboxylic acids is 4. The molecule has 0 saturated carbocycles. The third-order valence-electron chi connectivity index (χ3n) is 10.1. The van der Waals surface area contributed by atoms with Crippen LogP contribution < -0.4 is 16.0 Å². The van der Waals surface area contributed by atoms with Crippen molar-refractivity contribution in [2.75, 3.05) is 27.3 Å². The normalized spacial score (nSPS) is 15.3. The fourth-order valence-electron chi connectivity index (χ4n) is 6.95. The van der Waals surface area contributed by atoms with Gasteiger partial charge < -0.3 is 40.3 Å². The van der Waals surface area contributed by atoms with Gasteiger partial charge in [0.25, 0.3) is 0 Å². The molecule has 5 aromatic rings. The summed E-state index contributed by atoms with van der Waals surface area (Å²) in [5.74, 6) is 0.958. The van der Waals surface area contributed by atoms with E-state index < -0.39 is 24.3 Å². The van der Waals surface area contributed by atoms with Gasteiger partial charge in [-0.3, -0.25) is 9.59 Å². The van der Waals surface area contributed by atoms with E-state index in [-0.39, 0.29) is 29.7 Å². The molecule has 1 aliphatic rings. The molecule has 0 spiro atoms. The Hall–Kier alpha value is -6.06. The Labute approximate surface area is 325 Å². The molecular weight excluding hydrogens is 717 g/mol. The Kier molecular flexibility index (Phi) is 12.5. The fraction of sp³-hybridized carbons (Fsp3) is 0.450. The zero-order valence-electron chi connectivity index (χ0n) is 32.6. The Balaban J connectivity index is 1.08. The Morgan fingerprint density at radius 2 is 1.38 bits per heavy atom. The van der Waals surface area contributed by atoms with Gasteiger partial charge in [0.05, 0.1) is 66.1 Å². The van der Waals surface area contributed by atoms with Gasteiger partial charge in [-0.15, -0.1) is 0 Å². The highest BCUT2D eigenvalue weighted by molar-refractivity contribution is 5.91. The monoisotopic (exact) mass is 766 g/mol. The van der Waals surface area contributed by atoms with Crippen LogP contribution in [0.1, 0.15) is 71.1 Å². The van der Waals surface area contributed by atoms with Crippen LogP contribution in [-0.4, -0.2) is 98.2 Å². The fourth-order valence-corrected chi connectivity index (χ4v) is 6.95. The maximum atomic E-state index is 13.6. The number of rotatable bonds is 14. The van der Waals surface area contributed by atoms with Gasteiger partial charge in [-0.25, -0.2) is 29.5 Å². The molecule has 5 N–H and O–H groups in total. The molecule has 0 bridgehead atoms. The van der Waals surface area contributed by atoms with Gasteiger partial charge in [-0.05, 0) is 61.8 Å². The molecular formula is C40H50N10O6. The number of fused-ring (bicyclic) bond motifs is 2. The number of likely N-dealkylation sites (tertiary alicyclic amines) is 1. The lowest BCUT2D eigenvalue weighted by Gasteiger charge is -2.30. The van der Waals surface area contributed by atoms with Gasteiger partial charge in [-0.1, -0.05) is 39.8 Å². The second-order valence-corrected chi connectivity index (χ2v) is 14.7. The van der Waals surface area contributed by atoms with Crippen LogP contribution in [-0.2, 0) is 25.5 Å².